The number of para-hydroxylation sites is 3. The van der Waals surface area contributed by atoms with Crippen molar-refractivity contribution in [2.24, 2.45) is 0 Å². The number of thiophene rings is 1. The van der Waals surface area contributed by atoms with E-state index >= 15 is 0 Å². The molecular formula is C63H37N5S. The van der Waals surface area contributed by atoms with Crippen LogP contribution in [0, 0.1) is 0 Å². The minimum absolute atomic E-state index is 0.609. The molecule has 0 amide bonds. The fraction of sp³-hybridized carbons (Fsp3) is 0. The van der Waals surface area contributed by atoms with Crippen LogP contribution in [0.5, 0.6) is 0 Å². The van der Waals surface area contributed by atoms with Gasteiger partial charge in [-0.2, -0.15) is 0 Å². The van der Waals surface area contributed by atoms with Gasteiger partial charge in [-0.05, 0) is 105 Å². The molecule has 0 atom stereocenters. The monoisotopic (exact) mass is 895 g/mol. The van der Waals surface area contributed by atoms with E-state index in [4.69, 9.17) is 15.0 Å². The average molecular weight is 896 g/mol. The second kappa shape index (κ2) is 14.8. The second-order valence-corrected chi connectivity index (χ2v) is 19.0. The van der Waals surface area contributed by atoms with Gasteiger partial charge in [0.25, 0.3) is 0 Å². The highest BCUT2D eigenvalue weighted by Gasteiger charge is 2.24. The summed E-state index contributed by atoms with van der Waals surface area (Å²) in [6.07, 6.45) is 0. The predicted octanol–water partition coefficient (Wildman–Crippen LogP) is 16.9. The maximum atomic E-state index is 5.58. The Kier molecular flexibility index (Phi) is 8.17. The van der Waals surface area contributed by atoms with Crippen molar-refractivity contribution in [2.75, 3.05) is 0 Å². The van der Waals surface area contributed by atoms with Crippen molar-refractivity contribution >= 4 is 107 Å². The number of hydrogen-bond acceptors (Lipinski definition) is 4. The van der Waals surface area contributed by atoms with E-state index in [1.54, 1.807) is 0 Å². The molecule has 0 aliphatic carbocycles. The normalized spacial score (nSPS) is 12.1. The SMILES string of the molecule is c1ccc(-n2c3ccccc3c3cccc(-c4nc(-c5ccc6ccccc6c5)nc(-c5cc(-n6c7cc8ccccc8cc7c7cc8ccccc8cc76)c6sc7ccccc7c6c5)n4)c32)cc1. The van der Waals surface area contributed by atoms with Crippen LogP contribution in [0.3, 0.4) is 0 Å². The molecule has 0 saturated heterocycles. The van der Waals surface area contributed by atoms with Gasteiger partial charge in [0.05, 0.1) is 32.5 Å². The Morgan fingerprint density at radius 3 is 1.61 bits per heavy atom. The number of fused-ring (bicyclic) bond motifs is 12. The highest BCUT2D eigenvalue weighted by atomic mass is 32.1. The third-order valence-corrected chi connectivity index (χ3v) is 15.3. The van der Waals surface area contributed by atoms with Crippen LogP contribution in [0.4, 0.5) is 0 Å². The van der Waals surface area contributed by atoms with Crippen molar-refractivity contribution in [3.8, 4) is 45.5 Å². The molecule has 320 valence electrons. The minimum Gasteiger partial charge on any atom is -0.309 e. The molecule has 0 radical (unpaired) electrons. The summed E-state index contributed by atoms with van der Waals surface area (Å²) in [5.74, 6) is 1.84. The summed E-state index contributed by atoms with van der Waals surface area (Å²) < 4.78 is 7.30. The lowest BCUT2D eigenvalue weighted by atomic mass is 10.0. The van der Waals surface area contributed by atoms with Gasteiger partial charge in [-0.15, -0.1) is 11.3 Å². The van der Waals surface area contributed by atoms with E-state index in [0.29, 0.717) is 17.5 Å². The number of hydrogen-bond donors (Lipinski definition) is 0. The summed E-state index contributed by atoms with van der Waals surface area (Å²) in [5.41, 5.74) is 9.43. The first-order valence-corrected chi connectivity index (χ1v) is 24.2. The fourth-order valence-corrected chi connectivity index (χ4v) is 12.1. The van der Waals surface area contributed by atoms with Crippen LogP contribution in [0.15, 0.2) is 224 Å². The zero-order valence-electron chi connectivity index (χ0n) is 37.0. The van der Waals surface area contributed by atoms with Crippen LogP contribution in [-0.2, 0) is 0 Å². The molecule has 0 saturated carbocycles. The standard InChI is InChI=1S/C63H37N5S/c1-2-21-46(22-3-1)67-54-27-12-10-23-47(54)49-25-14-26-50(59(49)67)63-65-61(44-30-29-38-15-4-5-16-39(38)31-44)64-62(66-63)45-34-53-48-24-11-13-28-58(48)69-60(53)57(37-45)68-55-35-42-19-8-6-17-40(42)32-51(55)52-33-41-18-7-9-20-43(41)36-56(52)68/h1-37H. The summed E-state index contributed by atoms with van der Waals surface area (Å²) >= 11 is 1.84. The van der Waals surface area contributed by atoms with Crippen molar-refractivity contribution in [1.82, 2.24) is 24.1 Å². The lowest BCUT2D eigenvalue weighted by Gasteiger charge is -2.15. The first-order chi connectivity index (χ1) is 34.2. The highest BCUT2D eigenvalue weighted by molar-refractivity contribution is 7.26. The van der Waals surface area contributed by atoms with E-state index in [2.05, 4.69) is 234 Å². The van der Waals surface area contributed by atoms with Gasteiger partial charge in [-0.3, -0.25) is 0 Å². The molecule has 15 rings (SSSR count). The van der Waals surface area contributed by atoms with Crippen LogP contribution >= 0.6 is 11.3 Å². The lowest BCUT2D eigenvalue weighted by molar-refractivity contribution is 1.07. The topological polar surface area (TPSA) is 48.5 Å². The molecule has 0 N–H and O–H groups in total. The number of aromatic nitrogens is 5. The molecule has 0 spiro atoms. The number of rotatable bonds is 5. The predicted molar refractivity (Wildman–Crippen MR) is 290 cm³/mol. The third kappa shape index (κ3) is 5.86. The molecule has 15 aromatic rings. The van der Waals surface area contributed by atoms with E-state index in [9.17, 15) is 0 Å². The quantitative estimate of drug-likeness (QED) is 0.173. The van der Waals surface area contributed by atoms with Gasteiger partial charge in [-0.25, -0.2) is 15.0 Å². The van der Waals surface area contributed by atoms with Crippen molar-refractivity contribution in [2.45, 2.75) is 0 Å². The Labute approximate surface area is 399 Å². The van der Waals surface area contributed by atoms with Gasteiger partial charge in [0.15, 0.2) is 17.5 Å². The van der Waals surface area contributed by atoms with Crippen LogP contribution in [0.25, 0.3) is 142 Å². The summed E-state index contributed by atoms with van der Waals surface area (Å²) in [6.45, 7) is 0. The smallest absolute Gasteiger partial charge is 0.166 e. The summed E-state index contributed by atoms with van der Waals surface area (Å²) in [6, 6.07) is 81.0. The molecule has 0 unspecified atom stereocenters. The number of nitrogens with zero attached hydrogens (tertiary/aromatic N) is 5. The zero-order valence-corrected chi connectivity index (χ0v) is 37.8. The number of benzene rings is 11. The van der Waals surface area contributed by atoms with E-state index in [1.165, 1.54) is 63.3 Å². The summed E-state index contributed by atoms with van der Waals surface area (Å²) in [5, 5.41) is 14.3. The molecule has 0 bridgehead atoms. The molecule has 0 aliphatic rings. The molecule has 4 aromatic heterocycles. The van der Waals surface area contributed by atoms with E-state index in [-0.39, 0.29) is 0 Å². The van der Waals surface area contributed by atoms with E-state index < -0.39 is 0 Å². The van der Waals surface area contributed by atoms with Crippen molar-refractivity contribution in [3.63, 3.8) is 0 Å². The van der Waals surface area contributed by atoms with Crippen molar-refractivity contribution in [1.29, 1.82) is 0 Å². The zero-order chi connectivity index (χ0) is 45.2. The van der Waals surface area contributed by atoms with Gasteiger partial charge >= 0.3 is 0 Å². The van der Waals surface area contributed by atoms with Gasteiger partial charge in [-0.1, -0.05) is 152 Å². The molecule has 11 aromatic carbocycles. The van der Waals surface area contributed by atoms with Gasteiger partial charge in [0.2, 0.25) is 0 Å². The second-order valence-electron chi connectivity index (χ2n) is 18.0. The minimum atomic E-state index is 0.609. The van der Waals surface area contributed by atoms with E-state index in [0.717, 1.165) is 60.9 Å². The highest BCUT2D eigenvalue weighted by Crippen LogP contribution is 2.45. The molecule has 0 fully saturated rings. The van der Waals surface area contributed by atoms with Crippen LogP contribution in [-0.4, -0.2) is 24.1 Å². The Morgan fingerprint density at radius 1 is 0.319 bits per heavy atom. The van der Waals surface area contributed by atoms with Crippen LogP contribution in [0.2, 0.25) is 0 Å². The molecule has 6 heteroatoms. The summed E-state index contributed by atoms with van der Waals surface area (Å²) in [4.78, 5) is 16.5. The van der Waals surface area contributed by atoms with E-state index in [1.807, 2.05) is 11.3 Å². The fourth-order valence-electron chi connectivity index (χ4n) is 10.9. The third-order valence-electron chi connectivity index (χ3n) is 14.1. The first-order valence-electron chi connectivity index (χ1n) is 23.3. The van der Waals surface area contributed by atoms with Gasteiger partial charge in [0.1, 0.15) is 0 Å². The lowest BCUT2D eigenvalue weighted by Crippen LogP contribution is -2.03. The van der Waals surface area contributed by atoms with Crippen molar-refractivity contribution < 1.29 is 0 Å². The Bertz CT molecular complexity index is 4520. The van der Waals surface area contributed by atoms with Crippen molar-refractivity contribution in [3.05, 3.63) is 224 Å². The maximum absolute atomic E-state index is 5.58. The molecule has 0 aliphatic heterocycles. The largest absolute Gasteiger partial charge is 0.309 e. The van der Waals surface area contributed by atoms with Gasteiger partial charge in [0, 0.05) is 59.4 Å². The Balaban J connectivity index is 1.06. The molecule has 5 nitrogen and oxygen atoms in total. The summed E-state index contributed by atoms with van der Waals surface area (Å²) in [7, 11) is 0. The molecule has 69 heavy (non-hydrogen) atoms. The first kappa shape index (κ1) is 38.2. The Morgan fingerprint density at radius 2 is 0.884 bits per heavy atom. The van der Waals surface area contributed by atoms with Crippen LogP contribution < -0.4 is 0 Å². The molecule has 4 heterocycles. The van der Waals surface area contributed by atoms with Crippen LogP contribution in [0.1, 0.15) is 0 Å². The maximum Gasteiger partial charge on any atom is 0.166 e. The van der Waals surface area contributed by atoms with Gasteiger partial charge < -0.3 is 9.13 Å². The molecular weight excluding hydrogens is 859 g/mol. The average Bonchev–Trinajstić information content (AvgIpc) is 4.06. The Hall–Kier alpha value is -8.97.